The molecule has 7 heteroatoms. The summed E-state index contributed by atoms with van der Waals surface area (Å²) in [7, 11) is 0. The summed E-state index contributed by atoms with van der Waals surface area (Å²) in [5, 5.41) is 20.0. The number of benzene rings is 1. The van der Waals surface area contributed by atoms with E-state index in [1.807, 2.05) is 31.2 Å². The van der Waals surface area contributed by atoms with Crippen LogP contribution in [-0.4, -0.2) is 29.3 Å². The number of fused-ring (bicyclic) bond motifs is 1. The standard InChI is InChI=1S/C16H15N5O.C5H11N/c1-2-22-12-5-3-11(4-6-12)20-16-9-14(18)13(10-17)15-7-8-19-21(15)16;1-2-4-6-5-3-1/h3-9,20H,2,18H2,1H3;6H,1-5H2. The van der Waals surface area contributed by atoms with Crippen molar-refractivity contribution in [1.82, 2.24) is 14.9 Å². The number of nitrogen functional groups attached to an aromatic ring is 1. The highest BCUT2D eigenvalue weighted by Gasteiger charge is 2.11. The summed E-state index contributed by atoms with van der Waals surface area (Å²) in [4.78, 5) is 0. The molecule has 0 saturated carbocycles. The van der Waals surface area contributed by atoms with E-state index >= 15 is 0 Å². The van der Waals surface area contributed by atoms with Gasteiger partial charge in [-0.2, -0.15) is 10.4 Å². The molecule has 0 spiro atoms. The first-order valence-electron chi connectivity index (χ1n) is 9.60. The minimum Gasteiger partial charge on any atom is -0.494 e. The molecule has 1 aliphatic heterocycles. The molecular formula is C21H26N6O. The lowest BCUT2D eigenvalue weighted by Crippen LogP contribution is -2.21. The van der Waals surface area contributed by atoms with Crippen LogP contribution in [0, 0.1) is 11.3 Å². The van der Waals surface area contributed by atoms with Gasteiger partial charge in [0, 0.05) is 11.8 Å². The van der Waals surface area contributed by atoms with Gasteiger partial charge in [-0.05, 0) is 63.2 Å². The number of hydrogen-bond acceptors (Lipinski definition) is 6. The first-order chi connectivity index (χ1) is 13.7. The second-order valence-corrected chi connectivity index (χ2v) is 6.49. The Morgan fingerprint density at radius 3 is 2.54 bits per heavy atom. The highest BCUT2D eigenvalue weighted by molar-refractivity contribution is 5.76. The van der Waals surface area contributed by atoms with Crippen molar-refractivity contribution in [1.29, 1.82) is 5.26 Å². The molecule has 0 aliphatic carbocycles. The number of piperidine rings is 1. The maximum absolute atomic E-state index is 9.19. The third-order valence-corrected chi connectivity index (χ3v) is 4.46. The molecular weight excluding hydrogens is 352 g/mol. The number of anilines is 3. The van der Waals surface area contributed by atoms with Crippen LogP contribution < -0.4 is 21.1 Å². The van der Waals surface area contributed by atoms with Gasteiger partial charge in [0.15, 0.2) is 0 Å². The molecule has 7 nitrogen and oxygen atoms in total. The summed E-state index contributed by atoms with van der Waals surface area (Å²) in [6.07, 6.45) is 5.85. The number of nitrogens with one attached hydrogen (secondary N) is 2. The number of aromatic nitrogens is 2. The van der Waals surface area contributed by atoms with Crippen LogP contribution in [0.5, 0.6) is 5.75 Å². The maximum Gasteiger partial charge on any atom is 0.134 e. The van der Waals surface area contributed by atoms with E-state index in [1.54, 1.807) is 22.8 Å². The van der Waals surface area contributed by atoms with Gasteiger partial charge in [-0.15, -0.1) is 0 Å². The van der Waals surface area contributed by atoms with E-state index in [-0.39, 0.29) is 0 Å². The summed E-state index contributed by atoms with van der Waals surface area (Å²) in [6, 6.07) is 13.2. The Balaban J connectivity index is 0.000000320. The average molecular weight is 378 g/mol. The monoisotopic (exact) mass is 378 g/mol. The van der Waals surface area contributed by atoms with Gasteiger partial charge >= 0.3 is 0 Å². The average Bonchev–Trinajstić information content (AvgIpc) is 3.22. The van der Waals surface area contributed by atoms with E-state index in [9.17, 15) is 5.26 Å². The third-order valence-electron chi connectivity index (χ3n) is 4.46. The fourth-order valence-electron chi connectivity index (χ4n) is 3.07. The predicted octanol–water partition coefficient (Wildman–Crippen LogP) is 3.69. The lowest BCUT2D eigenvalue weighted by atomic mass is 10.2. The van der Waals surface area contributed by atoms with Crippen LogP contribution in [0.3, 0.4) is 0 Å². The molecule has 2 aromatic heterocycles. The lowest BCUT2D eigenvalue weighted by Gasteiger charge is -2.11. The molecule has 0 bridgehead atoms. The highest BCUT2D eigenvalue weighted by Crippen LogP contribution is 2.26. The molecule has 0 atom stereocenters. The van der Waals surface area contributed by atoms with Crippen molar-refractivity contribution in [2.75, 3.05) is 30.7 Å². The van der Waals surface area contributed by atoms with Crippen LogP contribution in [0.25, 0.3) is 5.52 Å². The fraction of sp³-hybridized carbons (Fsp3) is 0.333. The van der Waals surface area contributed by atoms with Gasteiger partial charge < -0.3 is 21.1 Å². The Labute approximate surface area is 165 Å². The minimum atomic E-state index is 0.420. The summed E-state index contributed by atoms with van der Waals surface area (Å²) in [6.45, 7) is 5.08. The van der Waals surface area contributed by atoms with Crippen molar-refractivity contribution < 1.29 is 4.74 Å². The van der Waals surface area contributed by atoms with E-state index in [2.05, 4.69) is 21.8 Å². The number of hydrogen-bond donors (Lipinski definition) is 3. The zero-order valence-electron chi connectivity index (χ0n) is 16.1. The quantitative estimate of drug-likeness (QED) is 0.640. The van der Waals surface area contributed by atoms with Crippen molar-refractivity contribution in [3.05, 3.63) is 48.2 Å². The summed E-state index contributed by atoms with van der Waals surface area (Å²) < 4.78 is 7.08. The largest absolute Gasteiger partial charge is 0.494 e. The lowest BCUT2D eigenvalue weighted by molar-refractivity contribution is 0.340. The first-order valence-corrected chi connectivity index (χ1v) is 9.60. The molecule has 0 unspecified atom stereocenters. The number of nitriles is 1. The fourth-order valence-corrected chi connectivity index (χ4v) is 3.07. The molecule has 1 fully saturated rings. The first kappa shape index (κ1) is 19.5. The molecule has 3 aromatic rings. The topological polar surface area (TPSA) is 100 Å². The predicted molar refractivity (Wildman–Crippen MR) is 112 cm³/mol. The number of nitrogens with two attached hydrogens (primary N) is 1. The van der Waals surface area contributed by atoms with Crippen molar-refractivity contribution in [2.24, 2.45) is 0 Å². The second-order valence-electron chi connectivity index (χ2n) is 6.49. The molecule has 3 heterocycles. The van der Waals surface area contributed by atoms with Crippen molar-refractivity contribution >= 4 is 22.7 Å². The molecule has 146 valence electrons. The van der Waals surface area contributed by atoms with Gasteiger partial charge in [0.25, 0.3) is 0 Å². The molecule has 0 amide bonds. The zero-order valence-corrected chi connectivity index (χ0v) is 16.1. The molecule has 1 saturated heterocycles. The Kier molecular flexibility index (Phi) is 6.71. The van der Waals surface area contributed by atoms with Crippen LogP contribution in [0.15, 0.2) is 42.6 Å². The number of pyridine rings is 1. The SMILES string of the molecule is C1CCNCC1.CCOc1ccc(Nc2cc(N)c(C#N)c3ccnn23)cc1. The Hall–Kier alpha value is -3.24. The van der Waals surface area contributed by atoms with E-state index in [4.69, 9.17) is 10.5 Å². The summed E-state index contributed by atoms with van der Waals surface area (Å²) >= 11 is 0. The minimum absolute atomic E-state index is 0.420. The second kappa shape index (κ2) is 9.62. The molecule has 0 radical (unpaired) electrons. The van der Waals surface area contributed by atoms with Crippen LogP contribution in [0.1, 0.15) is 31.7 Å². The van der Waals surface area contributed by atoms with Crippen molar-refractivity contribution in [3.63, 3.8) is 0 Å². The third kappa shape index (κ3) is 4.72. The van der Waals surface area contributed by atoms with Gasteiger partial charge in [-0.3, -0.25) is 0 Å². The Morgan fingerprint density at radius 2 is 1.96 bits per heavy atom. The van der Waals surface area contributed by atoms with Gasteiger partial charge in [0.1, 0.15) is 23.2 Å². The Morgan fingerprint density at radius 1 is 1.21 bits per heavy atom. The van der Waals surface area contributed by atoms with E-state index in [0.717, 1.165) is 11.4 Å². The molecule has 1 aromatic carbocycles. The molecule has 4 rings (SSSR count). The Bertz CT molecular complexity index is 926. The van der Waals surface area contributed by atoms with E-state index < -0.39 is 0 Å². The summed E-state index contributed by atoms with van der Waals surface area (Å²) in [5.41, 5.74) is 8.35. The van der Waals surface area contributed by atoms with E-state index in [1.165, 1.54) is 32.4 Å². The summed E-state index contributed by atoms with van der Waals surface area (Å²) in [5.74, 6) is 1.51. The van der Waals surface area contributed by atoms with Crippen molar-refractivity contribution in [3.8, 4) is 11.8 Å². The van der Waals surface area contributed by atoms with Crippen molar-refractivity contribution in [2.45, 2.75) is 26.2 Å². The zero-order chi connectivity index (χ0) is 19.8. The van der Waals surface area contributed by atoms with Gasteiger partial charge in [-0.1, -0.05) is 6.42 Å². The molecule has 28 heavy (non-hydrogen) atoms. The van der Waals surface area contributed by atoms with Crippen LogP contribution in [0.2, 0.25) is 0 Å². The number of rotatable bonds is 4. The van der Waals surface area contributed by atoms with E-state index in [0.29, 0.717) is 29.2 Å². The maximum atomic E-state index is 9.19. The van der Waals surface area contributed by atoms with Gasteiger partial charge in [-0.25, -0.2) is 4.52 Å². The van der Waals surface area contributed by atoms with Crippen LogP contribution in [0.4, 0.5) is 17.2 Å². The van der Waals surface area contributed by atoms with Crippen LogP contribution in [-0.2, 0) is 0 Å². The van der Waals surface area contributed by atoms with Crippen LogP contribution >= 0.6 is 0 Å². The number of nitrogens with zero attached hydrogens (tertiary/aromatic N) is 3. The highest BCUT2D eigenvalue weighted by atomic mass is 16.5. The molecule has 1 aliphatic rings. The normalized spacial score (nSPS) is 13.3. The smallest absolute Gasteiger partial charge is 0.134 e. The van der Waals surface area contributed by atoms with Gasteiger partial charge in [0.05, 0.1) is 24.0 Å². The molecule has 4 N–H and O–H groups in total. The van der Waals surface area contributed by atoms with Gasteiger partial charge in [0.2, 0.25) is 0 Å². The number of ether oxygens (including phenoxy) is 1.